The first-order valence-electron chi connectivity index (χ1n) is 7.74. The summed E-state index contributed by atoms with van der Waals surface area (Å²) < 4.78 is 0. The van der Waals surface area contributed by atoms with Crippen LogP contribution < -0.4 is 0 Å². The van der Waals surface area contributed by atoms with Gasteiger partial charge in [0.2, 0.25) is 0 Å². The highest BCUT2D eigenvalue weighted by molar-refractivity contribution is 6.36. The maximum absolute atomic E-state index is 12.7. The summed E-state index contributed by atoms with van der Waals surface area (Å²) in [6, 6.07) is 24.6. The van der Waals surface area contributed by atoms with Crippen molar-refractivity contribution in [2.75, 3.05) is 0 Å². The molecule has 0 spiro atoms. The minimum Gasteiger partial charge on any atom is -0.294 e. The minimum absolute atomic E-state index is 0.0699. The predicted octanol–water partition coefficient (Wildman–Crippen LogP) is 6.40. The summed E-state index contributed by atoms with van der Waals surface area (Å²) in [5.41, 5.74) is 2.52. The van der Waals surface area contributed by atoms with E-state index in [1.807, 2.05) is 78.9 Å². The third-order valence-corrected chi connectivity index (χ3v) is 4.69. The number of ketones is 1. The largest absolute Gasteiger partial charge is 0.294 e. The van der Waals surface area contributed by atoms with E-state index < -0.39 is 0 Å². The van der Waals surface area contributed by atoms with E-state index in [0.29, 0.717) is 22.0 Å². The van der Waals surface area contributed by atoms with E-state index in [1.165, 1.54) is 0 Å². The number of rotatable bonds is 5. The molecule has 3 aromatic carbocycles. The van der Waals surface area contributed by atoms with Gasteiger partial charge < -0.3 is 0 Å². The Labute approximate surface area is 151 Å². The Hall–Kier alpha value is -2.09. The molecule has 0 aromatic heterocycles. The molecule has 0 saturated heterocycles. The van der Waals surface area contributed by atoms with Gasteiger partial charge in [-0.1, -0.05) is 89.9 Å². The van der Waals surface area contributed by atoms with Gasteiger partial charge in [-0.15, -0.1) is 0 Å². The maximum Gasteiger partial charge on any atom is 0.163 e. The van der Waals surface area contributed by atoms with Crippen LogP contribution in [0.5, 0.6) is 0 Å². The van der Waals surface area contributed by atoms with E-state index >= 15 is 0 Å². The lowest BCUT2D eigenvalue weighted by Crippen LogP contribution is -2.10. The van der Waals surface area contributed by atoms with Crippen molar-refractivity contribution in [2.24, 2.45) is 0 Å². The van der Waals surface area contributed by atoms with Gasteiger partial charge in [0, 0.05) is 27.9 Å². The van der Waals surface area contributed by atoms with E-state index in [0.717, 1.165) is 11.1 Å². The number of carbonyl (C=O) groups is 1. The Kier molecular flexibility index (Phi) is 5.34. The van der Waals surface area contributed by atoms with Crippen molar-refractivity contribution in [3.05, 3.63) is 106 Å². The lowest BCUT2D eigenvalue weighted by atomic mass is 9.85. The summed E-state index contributed by atoms with van der Waals surface area (Å²) in [6.45, 7) is 0. The van der Waals surface area contributed by atoms with Crippen LogP contribution in [0.15, 0.2) is 78.9 Å². The van der Waals surface area contributed by atoms with Crippen molar-refractivity contribution in [1.29, 1.82) is 0 Å². The summed E-state index contributed by atoms with van der Waals surface area (Å²) in [6.07, 6.45) is 0.317. The average Bonchev–Trinajstić information content (AvgIpc) is 2.62. The van der Waals surface area contributed by atoms with Gasteiger partial charge in [-0.05, 0) is 23.3 Å². The minimum atomic E-state index is -0.180. The van der Waals surface area contributed by atoms with Crippen LogP contribution in [0, 0.1) is 0 Å². The molecule has 0 N–H and O–H groups in total. The van der Waals surface area contributed by atoms with Crippen molar-refractivity contribution >= 4 is 29.0 Å². The Morgan fingerprint density at radius 3 is 1.88 bits per heavy atom. The van der Waals surface area contributed by atoms with Crippen LogP contribution in [-0.2, 0) is 0 Å². The fraction of sp³-hybridized carbons (Fsp3) is 0.0952. The van der Waals surface area contributed by atoms with Crippen LogP contribution in [0.3, 0.4) is 0 Å². The molecule has 0 aliphatic rings. The fourth-order valence-electron chi connectivity index (χ4n) is 2.84. The number of halogens is 2. The Morgan fingerprint density at radius 1 is 0.750 bits per heavy atom. The molecule has 0 radical (unpaired) electrons. The predicted molar refractivity (Wildman–Crippen MR) is 100 cm³/mol. The van der Waals surface area contributed by atoms with Crippen LogP contribution >= 0.6 is 23.2 Å². The molecule has 1 nitrogen and oxygen atoms in total. The third-order valence-electron chi connectivity index (χ3n) is 4.04. The summed E-state index contributed by atoms with van der Waals surface area (Å²) in [5.74, 6) is -0.111. The highest BCUT2D eigenvalue weighted by Crippen LogP contribution is 2.38. The van der Waals surface area contributed by atoms with E-state index in [-0.39, 0.29) is 11.7 Å². The topological polar surface area (TPSA) is 17.1 Å². The zero-order valence-electron chi connectivity index (χ0n) is 13.0. The molecular weight excluding hydrogens is 339 g/mol. The van der Waals surface area contributed by atoms with Crippen molar-refractivity contribution in [3.8, 4) is 0 Å². The molecule has 0 amide bonds. The van der Waals surface area contributed by atoms with Crippen LogP contribution in [-0.4, -0.2) is 5.78 Å². The zero-order chi connectivity index (χ0) is 16.9. The van der Waals surface area contributed by atoms with Gasteiger partial charge in [-0.25, -0.2) is 0 Å². The molecule has 0 aliphatic carbocycles. The number of Topliss-reactive ketones (excluding diaryl/α,β-unsaturated/α-hetero) is 1. The van der Waals surface area contributed by atoms with Gasteiger partial charge in [0.1, 0.15) is 0 Å². The Bertz CT molecular complexity index is 809. The molecule has 1 unspecified atom stereocenters. The van der Waals surface area contributed by atoms with Crippen molar-refractivity contribution in [2.45, 2.75) is 12.3 Å². The van der Waals surface area contributed by atoms with E-state index in [9.17, 15) is 4.79 Å². The van der Waals surface area contributed by atoms with E-state index in [4.69, 9.17) is 23.2 Å². The molecular formula is C21H16Cl2O. The van der Waals surface area contributed by atoms with E-state index in [2.05, 4.69) is 0 Å². The summed E-state index contributed by atoms with van der Waals surface area (Å²) >= 11 is 12.8. The van der Waals surface area contributed by atoms with Crippen LogP contribution in [0.2, 0.25) is 10.0 Å². The number of benzene rings is 3. The van der Waals surface area contributed by atoms with Gasteiger partial charge in [-0.2, -0.15) is 0 Å². The van der Waals surface area contributed by atoms with Gasteiger partial charge in [0.25, 0.3) is 0 Å². The molecule has 0 aliphatic heterocycles. The lowest BCUT2D eigenvalue weighted by Gasteiger charge is -2.20. The summed E-state index contributed by atoms with van der Waals surface area (Å²) in [4.78, 5) is 12.7. The Balaban J connectivity index is 2.02. The second-order valence-electron chi connectivity index (χ2n) is 5.59. The van der Waals surface area contributed by atoms with Crippen LogP contribution in [0.4, 0.5) is 0 Å². The Morgan fingerprint density at radius 2 is 1.29 bits per heavy atom. The van der Waals surface area contributed by atoms with E-state index in [1.54, 1.807) is 0 Å². The lowest BCUT2D eigenvalue weighted by molar-refractivity contribution is 0.0977. The van der Waals surface area contributed by atoms with Gasteiger partial charge >= 0.3 is 0 Å². The van der Waals surface area contributed by atoms with Gasteiger partial charge in [-0.3, -0.25) is 4.79 Å². The molecule has 1 atom stereocenters. The highest BCUT2D eigenvalue weighted by Gasteiger charge is 2.23. The van der Waals surface area contributed by atoms with Crippen molar-refractivity contribution < 1.29 is 4.79 Å². The normalized spacial score (nSPS) is 11.9. The second-order valence-corrected chi connectivity index (χ2v) is 6.41. The molecule has 3 rings (SSSR count). The quantitative estimate of drug-likeness (QED) is 0.484. The third kappa shape index (κ3) is 3.69. The first-order chi connectivity index (χ1) is 11.7. The van der Waals surface area contributed by atoms with Crippen molar-refractivity contribution in [1.82, 2.24) is 0 Å². The zero-order valence-corrected chi connectivity index (χ0v) is 14.5. The summed E-state index contributed by atoms with van der Waals surface area (Å²) in [5, 5.41) is 1.16. The van der Waals surface area contributed by atoms with Crippen LogP contribution in [0.25, 0.3) is 0 Å². The summed E-state index contributed by atoms with van der Waals surface area (Å²) in [7, 11) is 0. The first kappa shape index (κ1) is 16.8. The fourth-order valence-corrected chi connectivity index (χ4v) is 3.50. The second kappa shape index (κ2) is 7.65. The molecule has 3 heteroatoms. The number of carbonyl (C=O) groups excluding carboxylic acids is 1. The smallest absolute Gasteiger partial charge is 0.163 e. The van der Waals surface area contributed by atoms with Gasteiger partial charge in [0.15, 0.2) is 5.78 Å². The number of hydrogen-bond donors (Lipinski definition) is 0. The van der Waals surface area contributed by atoms with Gasteiger partial charge in [0.05, 0.1) is 0 Å². The highest BCUT2D eigenvalue weighted by atomic mass is 35.5. The maximum atomic E-state index is 12.7. The molecule has 0 saturated carbocycles. The molecule has 24 heavy (non-hydrogen) atoms. The molecule has 0 bridgehead atoms. The van der Waals surface area contributed by atoms with Crippen molar-refractivity contribution in [3.63, 3.8) is 0 Å². The SMILES string of the molecule is O=C(CC(c1ccccc1)c1c(Cl)cccc1Cl)c1ccccc1. The molecule has 0 heterocycles. The molecule has 3 aromatic rings. The first-order valence-corrected chi connectivity index (χ1v) is 8.49. The standard InChI is InChI=1S/C21H16Cl2O/c22-18-12-7-13-19(23)21(18)17(15-8-3-1-4-9-15)14-20(24)16-10-5-2-6-11-16/h1-13,17H,14H2. The number of hydrogen-bond acceptors (Lipinski definition) is 1. The molecule has 0 fully saturated rings. The average molecular weight is 355 g/mol. The molecule has 120 valence electrons. The van der Waals surface area contributed by atoms with Crippen LogP contribution in [0.1, 0.15) is 33.8 Å². The monoisotopic (exact) mass is 354 g/mol.